The molecule has 0 aromatic heterocycles. The molecule has 1 saturated heterocycles. The summed E-state index contributed by atoms with van der Waals surface area (Å²) in [6, 6.07) is 5.97. The highest BCUT2D eigenvalue weighted by molar-refractivity contribution is 5.78. The molecule has 132 valence electrons. The van der Waals surface area contributed by atoms with Gasteiger partial charge in [-0.05, 0) is 45.2 Å². The molecule has 6 heteroatoms. The lowest BCUT2D eigenvalue weighted by Crippen LogP contribution is -2.47. The number of likely N-dealkylation sites (tertiary alicyclic amines) is 1. The van der Waals surface area contributed by atoms with Gasteiger partial charge in [0.25, 0.3) is 5.91 Å². The molecule has 1 N–H and O–H groups in total. The number of rotatable bonds is 5. The molecule has 1 aliphatic heterocycles. The van der Waals surface area contributed by atoms with E-state index in [1.54, 1.807) is 11.8 Å². The third kappa shape index (κ3) is 5.15. The number of aryl methyl sites for hydroxylation is 2. The Balaban J connectivity index is 1.75. The number of benzene rings is 1. The third-order valence-electron chi connectivity index (χ3n) is 4.13. The van der Waals surface area contributed by atoms with Gasteiger partial charge in [0.2, 0.25) is 0 Å². The summed E-state index contributed by atoms with van der Waals surface area (Å²) in [6.45, 7) is 7.41. The van der Waals surface area contributed by atoms with Gasteiger partial charge < -0.3 is 19.7 Å². The zero-order valence-corrected chi connectivity index (χ0v) is 14.6. The first kappa shape index (κ1) is 18.1. The lowest BCUT2D eigenvalue weighted by molar-refractivity contribution is -0.134. The molecule has 1 fully saturated rings. The molecular formula is C18H26N2O4. The molecule has 2 rings (SSSR count). The molecule has 1 aromatic rings. The van der Waals surface area contributed by atoms with Crippen molar-refractivity contribution in [1.29, 1.82) is 0 Å². The Kier molecular flexibility index (Phi) is 6.46. The molecule has 0 spiro atoms. The summed E-state index contributed by atoms with van der Waals surface area (Å²) < 4.78 is 10.5. The van der Waals surface area contributed by atoms with Crippen molar-refractivity contribution in [2.24, 2.45) is 0 Å². The molecule has 6 nitrogen and oxygen atoms in total. The largest absolute Gasteiger partial charge is 0.484 e. The first-order chi connectivity index (χ1) is 11.5. The fraction of sp³-hybridized carbons (Fsp3) is 0.556. The van der Waals surface area contributed by atoms with E-state index in [2.05, 4.69) is 5.32 Å². The van der Waals surface area contributed by atoms with Crippen molar-refractivity contribution in [2.45, 2.75) is 39.7 Å². The van der Waals surface area contributed by atoms with Gasteiger partial charge in [-0.3, -0.25) is 4.79 Å². The number of hydrogen-bond acceptors (Lipinski definition) is 4. The molecule has 24 heavy (non-hydrogen) atoms. The summed E-state index contributed by atoms with van der Waals surface area (Å²) >= 11 is 0. The fourth-order valence-electron chi connectivity index (χ4n) is 2.80. The molecular weight excluding hydrogens is 308 g/mol. The lowest BCUT2D eigenvalue weighted by atomic mass is 10.1. The number of piperidine rings is 1. The van der Waals surface area contributed by atoms with Crippen LogP contribution < -0.4 is 10.1 Å². The Morgan fingerprint density at radius 3 is 2.58 bits per heavy atom. The molecule has 0 radical (unpaired) electrons. The second-order valence-electron chi connectivity index (χ2n) is 6.08. The second kappa shape index (κ2) is 8.57. The van der Waals surface area contributed by atoms with Crippen LogP contribution in [0.3, 0.4) is 0 Å². The van der Waals surface area contributed by atoms with Crippen molar-refractivity contribution in [1.82, 2.24) is 10.2 Å². The summed E-state index contributed by atoms with van der Waals surface area (Å²) in [7, 11) is 0. The zero-order valence-electron chi connectivity index (χ0n) is 14.6. The van der Waals surface area contributed by atoms with Crippen LogP contribution in [0.5, 0.6) is 5.75 Å². The maximum absolute atomic E-state index is 12.3. The van der Waals surface area contributed by atoms with E-state index in [0.717, 1.165) is 24.2 Å². The summed E-state index contributed by atoms with van der Waals surface area (Å²) in [5.41, 5.74) is 2.20. The number of carbonyl (C=O) groups is 2. The van der Waals surface area contributed by atoms with Gasteiger partial charge >= 0.3 is 6.09 Å². The Labute approximate surface area is 143 Å². The van der Waals surface area contributed by atoms with Crippen LogP contribution in [0.15, 0.2) is 18.2 Å². The van der Waals surface area contributed by atoms with Crippen LogP contribution in [0.25, 0.3) is 0 Å². The first-order valence-electron chi connectivity index (χ1n) is 8.40. The molecule has 0 atom stereocenters. The van der Waals surface area contributed by atoms with Gasteiger partial charge in [-0.15, -0.1) is 0 Å². The molecule has 1 aromatic carbocycles. The number of alkyl carbamates (subject to hydrolysis) is 1. The van der Waals surface area contributed by atoms with E-state index in [-0.39, 0.29) is 24.6 Å². The van der Waals surface area contributed by atoms with Crippen molar-refractivity contribution < 1.29 is 19.1 Å². The van der Waals surface area contributed by atoms with Crippen LogP contribution >= 0.6 is 0 Å². The minimum atomic E-state index is -0.388. The number of hydrogen-bond donors (Lipinski definition) is 1. The smallest absolute Gasteiger partial charge is 0.407 e. The van der Waals surface area contributed by atoms with E-state index in [4.69, 9.17) is 9.47 Å². The molecule has 1 aliphatic rings. The molecule has 0 aliphatic carbocycles. The normalized spacial score (nSPS) is 15.0. The van der Waals surface area contributed by atoms with Gasteiger partial charge in [0, 0.05) is 19.1 Å². The summed E-state index contributed by atoms with van der Waals surface area (Å²) in [6.07, 6.45) is 1.07. The summed E-state index contributed by atoms with van der Waals surface area (Å²) in [5.74, 6) is 0.720. The van der Waals surface area contributed by atoms with Gasteiger partial charge in [-0.1, -0.05) is 17.7 Å². The Morgan fingerprint density at radius 2 is 1.96 bits per heavy atom. The highest BCUT2D eigenvalue weighted by Crippen LogP contribution is 2.19. The van der Waals surface area contributed by atoms with Crippen molar-refractivity contribution in [3.8, 4) is 5.75 Å². The number of amides is 2. The van der Waals surface area contributed by atoms with Crippen molar-refractivity contribution in [3.63, 3.8) is 0 Å². The molecule has 1 heterocycles. The quantitative estimate of drug-likeness (QED) is 0.898. The number of carbonyl (C=O) groups excluding carboxylic acids is 2. The van der Waals surface area contributed by atoms with Gasteiger partial charge in [0.1, 0.15) is 5.75 Å². The van der Waals surface area contributed by atoms with Crippen molar-refractivity contribution in [3.05, 3.63) is 29.3 Å². The molecule has 0 unspecified atom stereocenters. The van der Waals surface area contributed by atoms with Crippen molar-refractivity contribution in [2.75, 3.05) is 26.3 Å². The highest BCUT2D eigenvalue weighted by Gasteiger charge is 2.24. The van der Waals surface area contributed by atoms with E-state index in [9.17, 15) is 9.59 Å². The first-order valence-corrected chi connectivity index (χ1v) is 8.40. The van der Waals surface area contributed by atoms with Crippen LogP contribution in [-0.4, -0.2) is 49.2 Å². The standard InChI is InChI=1S/C18H26N2O4/c1-4-23-18(22)19-15-7-9-20(10-8-15)17(21)12-24-16-6-5-13(2)11-14(16)3/h5-6,11,15H,4,7-10,12H2,1-3H3,(H,19,22). The number of nitrogens with zero attached hydrogens (tertiary/aromatic N) is 1. The maximum atomic E-state index is 12.3. The molecule has 2 amide bonds. The SMILES string of the molecule is CCOC(=O)NC1CCN(C(=O)COc2ccc(C)cc2C)CC1. The number of ether oxygens (including phenoxy) is 2. The van der Waals surface area contributed by atoms with Crippen LogP contribution in [-0.2, 0) is 9.53 Å². The maximum Gasteiger partial charge on any atom is 0.407 e. The lowest BCUT2D eigenvalue weighted by Gasteiger charge is -2.32. The van der Waals surface area contributed by atoms with E-state index in [1.807, 2.05) is 32.0 Å². The Hall–Kier alpha value is -2.24. The van der Waals surface area contributed by atoms with Crippen molar-refractivity contribution >= 4 is 12.0 Å². The van der Waals surface area contributed by atoms with Crippen LogP contribution in [0.4, 0.5) is 4.79 Å². The van der Waals surface area contributed by atoms with Crippen LogP contribution in [0, 0.1) is 13.8 Å². The second-order valence-corrected chi connectivity index (χ2v) is 6.08. The average Bonchev–Trinajstić information content (AvgIpc) is 2.54. The zero-order chi connectivity index (χ0) is 17.5. The topological polar surface area (TPSA) is 67.9 Å². The van der Waals surface area contributed by atoms with Gasteiger partial charge in [-0.25, -0.2) is 4.79 Å². The van der Waals surface area contributed by atoms with E-state index in [0.29, 0.717) is 19.7 Å². The Bertz CT molecular complexity index is 580. The predicted octanol–water partition coefficient (Wildman–Crippen LogP) is 2.42. The van der Waals surface area contributed by atoms with Gasteiger partial charge in [0.15, 0.2) is 6.61 Å². The summed E-state index contributed by atoms with van der Waals surface area (Å²) in [4.78, 5) is 25.5. The predicted molar refractivity (Wildman–Crippen MR) is 91.2 cm³/mol. The van der Waals surface area contributed by atoms with Gasteiger partial charge in [0.05, 0.1) is 6.61 Å². The highest BCUT2D eigenvalue weighted by atomic mass is 16.5. The van der Waals surface area contributed by atoms with Crippen LogP contribution in [0.2, 0.25) is 0 Å². The molecule has 0 saturated carbocycles. The third-order valence-corrected chi connectivity index (χ3v) is 4.13. The summed E-state index contributed by atoms with van der Waals surface area (Å²) in [5, 5.41) is 2.82. The van der Waals surface area contributed by atoms with Crippen LogP contribution in [0.1, 0.15) is 30.9 Å². The van der Waals surface area contributed by atoms with Gasteiger partial charge in [-0.2, -0.15) is 0 Å². The monoisotopic (exact) mass is 334 g/mol. The minimum Gasteiger partial charge on any atom is -0.484 e. The number of nitrogens with one attached hydrogen (secondary N) is 1. The Morgan fingerprint density at radius 1 is 1.25 bits per heavy atom. The van der Waals surface area contributed by atoms with E-state index in [1.165, 1.54) is 5.56 Å². The van der Waals surface area contributed by atoms with E-state index < -0.39 is 0 Å². The average molecular weight is 334 g/mol. The van der Waals surface area contributed by atoms with E-state index >= 15 is 0 Å². The minimum absolute atomic E-state index is 0.0236. The molecule has 0 bridgehead atoms. The fourth-order valence-corrected chi connectivity index (χ4v) is 2.80.